The van der Waals surface area contributed by atoms with Gasteiger partial charge in [-0.15, -0.1) is 11.8 Å². The van der Waals surface area contributed by atoms with Crippen molar-refractivity contribution in [2.75, 3.05) is 11.1 Å². The highest BCUT2D eigenvalue weighted by Crippen LogP contribution is 2.24. The zero-order valence-electron chi connectivity index (χ0n) is 12.7. The van der Waals surface area contributed by atoms with Crippen LogP contribution in [0.25, 0.3) is 0 Å². The summed E-state index contributed by atoms with van der Waals surface area (Å²) >= 11 is 1.47. The van der Waals surface area contributed by atoms with Gasteiger partial charge in [-0.05, 0) is 24.1 Å². The Morgan fingerprint density at radius 1 is 1.39 bits per heavy atom. The van der Waals surface area contributed by atoms with Gasteiger partial charge in [0.2, 0.25) is 5.91 Å². The van der Waals surface area contributed by atoms with Crippen LogP contribution in [0.2, 0.25) is 0 Å². The number of amides is 1. The lowest BCUT2D eigenvalue weighted by Crippen LogP contribution is -2.14. The Hall–Kier alpha value is -2.41. The molecule has 0 bridgehead atoms. The van der Waals surface area contributed by atoms with Crippen LogP contribution in [0.1, 0.15) is 18.1 Å². The van der Waals surface area contributed by atoms with E-state index in [1.54, 1.807) is 24.5 Å². The maximum absolute atomic E-state index is 11.9. The molecule has 1 N–H and O–H groups in total. The number of thioether (sulfide) groups is 1. The number of rotatable bonds is 7. The summed E-state index contributed by atoms with van der Waals surface area (Å²) in [5.41, 5.74) is 2.18. The van der Waals surface area contributed by atoms with Gasteiger partial charge in [0.05, 0.1) is 10.7 Å². The number of aryl methyl sites for hydroxylation is 1. The Balaban J connectivity index is 1.90. The van der Waals surface area contributed by atoms with Crippen LogP contribution in [-0.2, 0) is 17.0 Å². The summed E-state index contributed by atoms with van der Waals surface area (Å²) in [6, 6.07) is 8.57. The minimum absolute atomic E-state index is 0.0355. The van der Waals surface area contributed by atoms with E-state index in [1.807, 2.05) is 19.1 Å². The van der Waals surface area contributed by atoms with E-state index < -0.39 is 4.92 Å². The normalized spacial score (nSPS) is 10.3. The lowest BCUT2D eigenvalue weighted by atomic mass is 10.1. The molecule has 2 aromatic rings. The molecule has 7 heteroatoms. The molecule has 23 heavy (non-hydrogen) atoms. The molecule has 1 amide bonds. The van der Waals surface area contributed by atoms with Crippen molar-refractivity contribution in [1.29, 1.82) is 0 Å². The lowest BCUT2D eigenvalue weighted by molar-refractivity contribution is -0.385. The quantitative estimate of drug-likeness (QED) is 0.620. The molecule has 0 aliphatic rings. The number of nitro benzene ring substituents is 1. The second-order valence-electron chi connectivity index (χ2n) is 4.86. The van der Waals surface area contributed by atoms with Crippen molar-refractivity contribution in [3.05, 3.63) is 64.0 Å². The standard InChI is InChI=1S/C16H17N3O3S/c1-2-13-5-6-14(8-15(13)19(21)22)18-16(20)11-23-10-12-4-3-7-17-9-12/h3-9H,2,10-11H2,1H3,(H,18,20). The summed E-state index contributed by atoms with van der Waals surface area (Å²) in [7, 11) is 0. The number of anilines is 1. The molecule has 0 saturated heterocycles. The number of benzene rings is 1. The first-order valence-corrected chi connectivity index (χ1v) is 8.29. The first-order valence-electron chi connectivity index (χ1n) is 7.14. The Labute approximate surface area is 138 Å². The van der Waals surface area contributed by atoms with Gasteiger partial charge in [0.25, 0.3) is 5.69 Å². The maximum atomic E-state index is 11.9. The van der Waals surface area contributed by atoms with Crippen molar-refractivity contribution in [2.45, 2.75) is 19.1 Å². The van der Waals surface area contributed by atoms with Crippen LogP contribution in [0.15, 0.2) is 42.7 Å². The Morgan fingerprint density at radius 3 is 2.87 bits per heavy atom. The highest BCUT2D eigenvalue weighted by molar-refractivity contribution is 7.99. The predicted octanol–water partition coefficient (Wildman–Crippen LogP) is 3.42. The van der Waals surface area contributed by atoms with Gasteiger partial charge in [-0.3, -0.25) is 19.9 Å². The fraction of sp³-hybridized carbons (Fsp3) is 0.250. The molecular formula is C16H17N3O3S. The van der Waals surface area contributed by atoms with Crippen molar-refractivity contribution in [2.24, 2.45) is 0 Å². The second-order valence-corrected chi connectivity index (χ2v) is 5.84. The van der Waals surface area contributed by atoms with E-state index in [1.165, 1.54) is 17.8 Å². The van der Waals surface area contributed by atoms with E-state index in [0.717, 1.165) is 5.56 Å². The second kappa shape index (κ2) is 8.28. The summed E-state index contributed by atoms with van der Waals surface area (Å²) < 4.78 is 0. The minimum atomic E-state index is -0.425. The van der Waals surface area contributed by atoms with E-state index in [2.05, 4.69) is 10.3 Å². The molecule has 0 spiro atoms. The molecule has 0 aliphatic heterocycles. The topological polar surface area (TPSA) is 85.1 Å². The molecule has 0 radical (unpaired) electrons. The van der Waals surface area contributed by atoms with E-state index >= 15 is 0 Å². The third-order valence-corrected chi connectivity index (χ3v) is 4.18. The number of nitro groups is 1. The fourth-order valence-corrected chi connectivity index (χ4v) is 2.82. The van der Waals surface area contributed by atoms with Crippen LogP contribution in [0.3, 0.4) is 0 Å². The molecule has 120 valence electrons. The smallest absolute Gasteiger partial charge is 0.274 e. The highest BCUT2D eigenvalue weighted by Gasteiger charge is 2.14. The number of hydrogen-bond acceptors (Lipinski definition) is 5. The van der Waals surface area contributed by atoms with Crippen molar-refractivity contribution in [3.63, 3.8) is 0 Å². The third-order valence-electron chi connectivity index (χ3n) is 3.17. The molecule has 0 atom stereocenters. The van der Waals surface area contributed by atoms with Crippen LogP contribution < -0.4 is 5.32 Å². The maximum Gasteiger partial charge on any atom is 0.274 e. The van der Waals surface area contributed by atoms with Crippen LogP contribution in [0, 0.1) is 10.1 Å². The van der Waals surface area contributed by atoms with Gasteiger partial charge in [0.1, 0.15) is 0 Å². The largest absolute Gasteiger partial charge is 0.325 e. The zero-order chi connectivity index (χ0) is 16.7. The molecule has 0 unspecified atom stereocenters. The fourth-order valence-electron chi connectivity index (χ4n) is 2.05. The molecule has 0 saturated carbocycles. The van der Waals surface area contributed by atoms with Gasteiger partial charge < -0.3 is 5.32 Å². The highest BCUT2D eigenvalue weighted by atomic mass is 32.2. The Kier molecular flexibility index (Phi) is 6.10. The van der Waals surface area contributed by atoms with Crippen molar-refractivity contribution in [3.8, 4) is 0 Å². The average molecular weight is 331 g/mol. The number of pyridine rings is 1. The molecular weight excluding hydrogens is 314 g/mol. The monoisotopic (exact) mass is 331 g/mol. The molecule has 1 aromatic heterocycles. The van der Waals surface area contributed by atoms with E-state index in [0.29, 0.717) is 23.4 Å². The van der Waals surface area contributed by atoms with Crippen LogP contribution in [-0.4, -0.2) is 21.6 Å². The first kappa shape index (κ1) is 17.0. The molecule has 0 aliphatic carbocycles. The van der Waals surface area contributed by atoms with E-state index in [9.17, 15) is 14.9 Å². The van der Waals surface area contributed by atoms with Gasteiger partial charge in [-0.1, -0.05) is 19.1 Å². The van der Waals surface area contributed by atoms with Crippen LogP contribution >= 0.6 is 11.8 Å². The number of carbonyl (C=O) groups is 1. The van der Waals surface area contributed by atoms with Gasteiger partial charge >= 0.3 is 0 Å². The number of hydrogen-bond donors (Lipinski definition) is 1. The van der Waals surface area contributed by atoms with E-state index in [4.69, 9.17) is 0 Å². The molecule has 1 aromatic carbocycles. The summed E-state index contributed by atoms with van der Waals surface area (Å²) in [6.45, 7) is 1.86. The van der Waals surface area contributed by atoms with Crippen LogP contribution in [0.5, 0.6) is 0 Å². The molecule has 1 heterocycles. The molecule has 2 rings (SSSR count). The van der Waals surface area contributed by atoms with Gasteiger partial charge in [-0.2, -0.15) is 0 Å². The first-order chi connectivity index (χ1) is 11.1. The van der Waals surface area contributed by atoms with E-state index in [-0.39, 0.29) is 17.3 Å². The van der Waals surface area contributed by atoms with Gasteiger partial charge in [0.15, 0.2) is 0 Å². The lowest BCUT2D eigenvalue weighted by Gasteiger charge is -2.07. The zero-order valence-corrected chi connectivity index (χ0v) is 13.5. The Bertz CT molecular complexity index is 692. The van der Waals surface area contributed by atoms with Gasteiger partial charge in [0, 0.05) is 35.5 Å². The summed E-state index contributed by atoms with van der Waals surface area (Å²) in [4.78, 5) is 26.5. The van der Waals surface area contributed by atoms with Crippen molar-refractivity contribution >= 4 is 29.0 Å². The summed E-state index contributed by atoms with van der Waals surface area (Å²) in [5.74, 6) is 0.784. The predicted molar refractivity (Wildman–Crippen MR) is 91.5 cm³/mol. The number of nitrogens with zero attached hydrogens (tertiary/aromatic N) is 2. The number of nitrogens with one attached hydrogen (secondary N) is 1. The average Bonchev–Trinajstić information content (AvgIpc) is 2.55. The van der Waals surface area contributed by atoms with Crippen LogP contribution in [0.4, 0.5) is 11.4 Å². The van der Waals surface area contributed by atoms with Crippen molar-refractivity contribution in [1.82, 2.24) is 4.98 Å². The Morgan fingerprint density at radius 2 is 2.22 bits per heavy atom. The van der Waals surface area contributed by atoms with Crippen molar-refractivity contribution < 1.29 is 9.72 Å². The summed E-state index contributed by atoms with van der Waals surface area (Å²) in [6.07, 6.45) is 4.04. The molecule has 0 fully saturated rings. The number of aromatic nitrogens is 1. The SMILES string of the molecule is CCc1ccc(NC(=O)CSCc2cccnc2)cc1[N+](=O)[O-]. The van der Waals surface area contributed by atoms with Gasteiger partial charge in [-0.25, -0.2) is 0 Å². The minimum Gasteiger partial charge on any atom is -0.325 e. The number of carbonyl (C=O) groups excluding carboxylic acids is 1. The molecule has 6 nitrogen and oxygen atoms in total. The third kappa shape index (κ3) is 5.07. The summed E-state index contributed by atoms with van der Waals surface area (Å²) in [5, 5.41) is 13.7.